The molecule has 0 radical (unpaired) electrons. The first kappa shape index (κ1) is 16.4. The third-order valence-electron chi connectivity index (χ3n) is 7.58. The van der Waals surface area contributed by atoms with E-state index in [1.165, 1.54) is 37.7 Å². The fourth-order valence-electron chi connectivity index (χ4n) is 6.51. The van der Waals surface area contributed by atoms with Crippen LogP contribution in [0.15, 0.2) is 22.3 Å². The number of fused-ring (bicyclic) bond motifs is 5. The maximum atomic E-state index is 12.0. The van der Waals surface area contributed by atoms with Gasteiger partial charge in [0.25, 0.3) is 0 Å². The molecule has 23 heavy (non-hydrogen) atoms. The number of halogens is 2. The number of ketones is 1. The van der Waals surface area contributed by atoms with E-state index in [4.69, 9.17) is 11.6 Å². The van der Waals surface area contributed by atoms with Crippen molar-refractivity contribution in [2.24, 2.45) is 29.1 Å². The lowest BCUT2D eigenvalue weighted by atomic mass is 9.52. The second-order valence-corrected chi connectivity index (χ2v) is 9.28. The van der Waals surface area contributed by atoms with Gasteiger partial charge in [-0.2, -0.15) is 0 Å². The van der Waals surface area contributed by atoms with E-state index in [0.29, 0.717) is 22.8 Å². The van der Waals surface area contributed by atoms with Gasteiger partial charge in [0.1, 0.15) is 0 Å². The van der Waals surface area contributed by atoms with Gasteiger partial charge in [-0.05, 0) is 79.6 Å². The summed E-state index contributed by atoms with van der Waals surface area (Å²) in [4.78, 5) is 12.0. The molecule has 4 rings (SSSR count). The van der Waals surface area contributed by atoms with Crippen LogP contribution >= 0.6 is 27.5 Å². The minimum absolute atomic E-state index is 0.195. The van der Waals surface area contributed by atoms with Crippen molar-refractivity contribution in [2.45, 2.75) is 58.3 Å². The molecule has 0 saturated heterocycles. The van der Waals surface area contributed by atoms with Crippen LogP contribution in [0.25, 0.3) is 0 Å². The lowest BCUT2D eigenvalue weighted by Crippen LogP contribution is -2.45. The van der Waals surface area contributed by atoms with Crippen molar-refractivity contribution >= 4 is 33.3 Å². The summed E-state index contributed by atoms with van der Waals surface area (Å²) in [6, 6.07) is 0. The van der Waals surface area contributed by atoms with Gasteiger partial charge in [0.05, 0.1) is 5.03 Å². The van der Waals surface area contributed by atoms with E-state index in [1.54, 1.807) is 5.57 Å². The Labute approximate surface area is 153 Å². The van der Waals surface area contributed by atoms with Crippen molar-refractivity contribution in [1.82, 2.24) is 0 Å². The highest BCUT2D eigenvalue weighted by Gasteiger charge is 2.54. The Kier molecular flexibility index (Phi) is 4.29. The van der Waals surface area contributed by atoms with E-state index in [9.17, 15) is 4.79 Å². The van der Waals surface area contributed by atoms with Gasteiger partial charge < -0.3 is 0 Å². The Morgan fingerprint density at radius 1 is 1.17 bits per heavy atom. The van der Waals surface area contributed by atoms with Gasteiger partial charge in [0.2, 0.25) is 0 Å². The predicted molar refractivity (Wildman–Crippen MR) is 98.8 cm³/mol. The highest BCUT2D eigenvalue weighted by Crippen LogP contribution is 2.63. The zero-order chi connectivity index (χ0) is 16.2. The van der Waals surface area contributed by atoms with Crippen LogP contribution in [0.1, 0.15) is 58.3 Å². The SMILES string of the molecule is C[C@]12CC[C@H]3[C@@H](CCC4=C(Cl)C(=O)CC[C@@H]43)[C@@H]1CCC2=CCBr. The summed E-state index contributed by atoms with van der Waals surface area (Å²) in [6.45, 7) is 2.53. The van der Waals surface area contributed by atoms with Crippen molar-refractivity contribution in [2.75, 3.05) is 5.33 Å². The molecule has 0 aliphatic heterocycles. The van der Waals surface area contributed by atoms with E-state index in [2.05, 4.69) is 28.9 Å². The summed E-state index contributed by atoms with van der Waals surface area (Å²) < 4.78 is 0. The summed E-state index contributed by atoms with van der Waals surface area (Å²) in [5.74, 6) is 3.28. The largest absolute Gasteiger partial charge is 0.293 e. The van der Waals surface area contributed by atoms with Crippen LogP contribution in [0.3, 0.4) is 0 Å². The highest BCUT2D eigenvalue weighted by atomic mass is 79.9. The summed E-state index contributed by atoms with van der Waals surface area (Å²) in [5, 5.41) is 1.60. The normalized spacial score (nSPS) is 45.0. The quantitative estimate of drug-likeness (QED) is 0.391. The fourth-order valence-corrected chi connectivity index (χ4v) is 7.23. The molecule has 0 amide bonds. The maximum absolute atomic E-state index is 12.0. The number of Topliss-reactive ketones (excluding diaryl/α,β-unsaturated/α-hetero) is 1. The number of allylic oxidation sites excluding steroid dienone is 3. The molecule has 5 atom stereocenters. The first-order valence-electron chi connectivity index (χ1n) is 9.23. The van der Waals surface area contributed by atoms with Crippen molar-refractivity contribution in [3.05, 3.63) is 22.3 Å². The van der Waals surface area contributed by atoms with E-state index >= 15 is 0 Å². The van der Waals surface area contributed by atoms with Crippen LogP contribution in [-0.2, 0) is 4.79 Å². The Hall–Kier alpha value is -0.0800. The summed E-state index contributed by atoms with van der Waals surface area (Å²) in [6.07, 6.45) is 11.8. The van der Waals surface area contributed by atoms with Crippen LogP contribution < -0.4 is 0 Å². The standard InChI is InChI=1S/C20H26BrClO/c1-20-10-8-14-13-5-7-18(23)19(22)16(13)4-3-15(14)17(20)6-2-12(20)9-11-21/h9,13-15,17H,2-8,10-11H2,1H3/t13-,14-,15-,17+,20-/m1/s1. The average molecular weight is 398 g/mol. The third kappa shape index (κ3) is 2.42. The molecule has 3 heteroatoms. The van der Waals surface area contributed by atoms with Crippen LogP contribution in [0.4, 0.5) is 0 Å². The first-order chi connectivity index (χ1) is 11.1. The molecular weight excluding hydrogens is 372 g/mol. The first-order valence-corrected chi connectivity index (χ1v) is 10.7. The number of carbonyl (C=O) groups excluding carboxylic acids is 1. The second-order valence-electron chi connectivity index (χ2n) is 8.26. The second kappa shape index (κ2) is 6.02. The van der Waals surface area contributed by atoms with E-state index in [-0.39, 0.29) is 5.78 Å². The zero-order valence-corrected chi connectivity index (χ0v) is 16.3. The van der Waals surface area contributed by atoms with Gasteiger partial charge in [0, 0.05) is 11.8 Å². The van der Waals surface area contributed by atoms with Crippen LogP contribution in [0.5, 0.6) is 0 Å². The van der Waals surface area contributed by atoms with Crippen molar-refractivity contribution in [3.63, 3.8) is 0 Å². The minimum Gasteiger partial charge on any atom is -0.293 e. The molecule has 0 spiro atoms. The molecule has 3 saturated carbocycles. The summed E-state index contributed by atoms with van der Waals surface area (Å²) in [5.41, 5.74) is 3.46. The molecule has 4 aliphatic rings. The van der Waals surface area contributed by atoms with Crippen LogP contribution in [-0.4, -0.2) is 11.1 Å². The Morgan fingerprint density at radius 2 is 2.00 bits per heavy atom. The molecule has 4 aliphatic carbocycles. The monoisotopic (exact) mass is 396 g/mol. The molecule has 126 valence electrons. The van der Waals surface area contributed by atoms with Gasteiger partial charge in [-0.15, -0.1) is 0 Å². The van der Waals surface area contributed by atoms with Gasteiger partial charge in [-0.3, -0.25) is 4.79 Å². The van der Waals surface area contributed by atoms with Crippen molar-refractivity contribution in [1.29, 1.82) is 0 Å². The zero-order valence-electron chi connectivity index (χ0n) is 13.9. The molecular formula is C20H26BrClO. The van der Waals surface area contributed by atoms with Gasteiger partial charge in [0.15, 0.2) is 5.78 Å². The van der Waals surface area contributed by atoms with Crippen molar-refractivity contribution in [3.8, 4) is 0 Å². The maximum Gasteiger partial charge on any atom is 0.174 e. The van der Waals surface area contributed by atoms with E-state index in [0.717, 1.165) is 35.9 Å². The highest BCUT2D eigenvalue weighted by molar-refractivity contribution is 9.09. The molecule has 1 nitrogen and oxygen atoms in total. The number of alkyl halides is 1. The van der Waals surface area contributed by atoms with E-state index < -0.39 is 0 Å². The van der Waals surface area contributed by atoms with E-state index in [1.807, 2.05) is 0 Å². The Morgan fingerprint density at radius 3 is 2.78 bits per heavy atom. The number of hydrogen-bond donors (Lipinski definition) is 0. The lowest BCUT2D eigenvalue weighted by Gasteiger charge is -2.53. The van der Waals surface area contributed by atoms with Crippen LogP contribution in [0.2, 0.25) is 0 Å². The smallest absolute Gasteiger partial charge is 0.174 e. The number of rotatable bonds is 1. The molecule has 0 bridgehead atoms. The fraction of sp³-hybridized carbons (Fsp3) is 0.750. The van der Waals surface area contributed by atoms with Gasteiger partial charge in [-0.25, -0.2) is 0 Å². The van der Waals surface area contributed by atoms with Gasteiger partial charge in [-0.1, -0.05) is 46.1 Å². The molecule has 0 unspecified atom stereocenters. The summed E-state index contributed by atoms with van der Waals surface area (Å²) >= 11 is 9.99. The third-order valence-corrected chi connectivity index (χ3v) is 8.36. The minimum atomic E-state index is 0.195. The number of hydrogen-bond acceptors (Lipinski definition) is 1. The predicted octanol–water partition coefficient (Wildman–Crippen LogP) is 6.02. The van der Waals surface area contributed by atoms with Crippen LogP contribution in [0, 0.1) is 29.1 Å². The molecule has 0 aromatic heterocycles. The molecule has 3 fully saturated rings. The molecule has 0 heterocycles. The molecule has 0 aromatic rings. The average Bonchev–Trinajstić information content (AvgIpc) is 2.88. The molecule has 0 aromatic carbocycles. The Balaban J connectivity index is 1.64. The van der Waals surface area contributed by atoms with Crippen molar-refractivity contribution < 1.29 is 4.79 Å². The van der Waals surface area contributed by atoms with Gasteiger partial charge >= 0.3 is 0 Å². The number of carbonyl (C=O) groups is 1. The molecule has 0 N–H and O–H groups in total. The summed E-state index contributed by atoms with van der Waals surface area (Å²) in [7, 11) is 0. The Bertz CT molecular complexity index is 592. The topological polar surface area (TPSA) is 17.1 Å². The lowest BCUT2D eigenvalue weighted by molar-refractivity contribution is -0.116.